The number of thiazole rings is 1. The number of piperidine rings is 1. The van der Waals surface area contributed by atoms with Crippen LogP contribution >= 0.6 is 11.3 Å². The molecule has 0 aliphatic carbocycles. The van der Waals surface area contributed by atoms with Crippen molar-refractivity contribution in [3.05, 3.63) is 86.8 Å². The number of hydrogen-bond donors (Lipinski definition) is 0. The molecule has 208 valence electrons. The summed E-state index contributed by atoms with van der Waals surface area (Å²) in [6.07, 6.45) is 2.23. The van der Waals surface area contributed by atoms with Crippen LogP contribution in [0.3, 0.4) is 0 Å². The lowest BCUT2D eigenvalue weighted by Gasteiger charge is -2.31. The number of nitro groups is 1. The average molecular weight is 571 g/mol. The highest BCUT2D eigenvalue weighted by Crippen LogP contribution is 2.38. The summed E-state index contributed by atoms with van der Waals surface area (Å²) in [6.45, 7) is 3.21. The smallest absolute Gasteiger partial charge is 0.270 e. The lowest BCUT2D eigenvalue weighted by atomic mass is 9.97. The molecule has 1 fully saturated rings. The van der Waals surface area contributed by atoms with Gasteiger partial charge in [0, 0.05) is 60.5 Å². The van der Waals surface area contributed by atoms with Gasteiger partial charge in [-0.05, 0) is 19.8 Å². The summed E-state index contributed by atoms with van der Waals surface area (Å²) in [5.41, 5.74) is 4.00. The minimum Gasteiger partial charge on any atom is -0.360 e. The van der Waals surface area contributed by atoms with Crippen LogP contribution in [0.5, 0.6) is 0 Å². The van der Waals surface area contributed by atoms with Crippen LogP contribution in [0.25, 0.3) is 33.9 Å². The van der Waals surface area contributed by atoms with Crippen LogP contribution in [0.4, 0.5) is 5.69 Å². The lowest BCUT2D eigenvalue weighted by molar-refractivity contribution is -0.384. The third-order valence-corrected chi connectivity index (χ3v) is 8.23. The topological polar surface area (TPSA) is 141 Å². The van der Waals surface area contributed by atoms with Crippen molar-refractivity contribution in [3.8, 4) is 33.9 Å². The maximum Gasteiger partial charge on any atom is 0.270 e. The van der Waals surface area contributed by atoms with Crippen molar-refractivity contribution in [2.45, 2.75) is 38.5 Å². The lowest BCUT2D eigenvalue weighted by Crippen LogP contribution is -2.38. The van der Waals surface area contributed by atoms with Gasteiger partial charge in [-0.3, -0.25) is 14.9 Å². The summed E-state index contributed by atoms with van der Waals surface area (Å²) < 4.78 is 10.8. The van der Waals surface area contributed by atoms with Crippen LogP contribution in [0.15, 0.2) is 69.0 Å². The molecule has 12 heteroatoms. The molecule has 5 aromatic rings. The summed E-state index contributed by atoms with van der Waals surface area (Å²) in [4.78, 5) is 34.6. The van der Waals surface area contributed by atoms with Crippen LogP contribution in [0.1, 0.15) is 41.8 Å². The Kier molecular flexibility index (Phi) is 7.38. The normalized spacial score (nSPS) is 13.9. The third kappa shape index (κ3) is 5.64. The van der Waals surface area contributed by atoms with E-state index >= 15 is 0 Å². The second kappa shape index (κ2) is 11.4. The van der Waals surface area contributed by atoms with Crippen molar-refractivity contribution in [2.24, 2.45) is 0 Å². The first-order valence-corrected chi connectivity index (χ1v) is 14.2. The Bertz CT molecular complexity index is 1690. The molecule has 1 amide bonds. The summed E-state index contributed by atoms with van der Waals surface area (Å²) in [5.74, 6) is 1.64. The standard InChI is InChI=1S/C29H26N6O5S/c1-18-26(27(32-39-18)19-6-3-2-4-7-19)23-17-41-29(30-23)20-12-14-34(15-13-20)25(36)11-10-24-31-28(33-40-24)21-8-5-9-22(16-21)35(37)38/h2-9,16-17,20H,10-15H2,1H3. The number of non-ortho nitro benzene ring substituents is 1. The number of rotatable bonds is 8. The molecule has 0 saturated carbocycles. The molecule has 0 spiro atoms. The van der Waals surface area contributed by atoms with Crippen LogP contribution < -0.4 is 0 Å². The van der Waals surface area contributed by atoms with Crippen molar-refractivity contribution in [3.63, 3.8) is 0 Å². The number of likely N-dealkylation sites (tertiary alicyclic amines) is 1. The Balaban J connectivity index is 1.04. The fourth-order valence-corrected chi connectivity index (χ4v) is 6.02. The number of benzene rings is 2. The molecule has 41 heavy (non-hydrogen) atoms. The van der Waals surface area contributed by atoms with Gasteiger partial charge in [0.25, 0.3) is 5.69 Å². The summed E-state index contributed by atoms with van der Waals surface area (Å²) in [7, 11) is 0. The average Bonchev–Trinajstić information content (AvgIpc) is 3.76. The van der Waals surface area contributed by atoms with Gasteiger partial charge in [0.2, 0.25) is 17.6 Å². The Morgan fingerprint density at radius 2 is 1.83 bits per heavy atom. The van der Waals surface area contributed by atoms with E-state index in [9.17, 15) is 14.9 Å². The molecule has 0 radical (unpaired) electrons. The number of nitro benzene ring substituents is 1. The van der Waals surface area contributed by atoms with E-state index in [1.165, 1.54) is 12.1 Å². The first kappa shape index (κ1) is 26.5. The Morgan fingerprint density at radius 3 is 2.61 bits per heavy atom. The zero-order chi connectivity index (χ0) is 28.3. The number of nitrogens with zero attached hydrogens (tertiary/aromatic N) is 6. The predicted octanol–water partition coefficient (Wildman–Crippen LogP) is 6.07. The molecule has 2 aromatic carbocycles. The van der Waals surface area contributed by atoms with Crippen molar-refractivity contribution in [1.29, 1.82) is 0 Å². The number of carbonyl (C=O) groups excluding carboxylic acids is 1. The molecule has 3 aromatic heterocycles. The van der Waals surface area contributed by atoms with E-state index in [1.54, 1.807) is 23.5 Å². The molecule has 0 bridgehead atoms. The number of aromatic nitrogens is 4. The Labute approximate surface area is 239 Å². The van der Waals surface area contributed by atoms with Crippen LogP contribution in [0.2, 0.25) is 0 Å². The van der Waals surface area contributed by atoms with Gasteiger partial charge in [0.1, 0.15) is 11.5 Å². The number of carbonyl (C=O) groups is 1. The van der Waals surface area contributed by atoms with Crippen molar-refractivity contribution < 1.29 is 18.8 Å². The molecule has 0 N–H and O–H groups in total. The van der Waals surface area contributed by atoms with Gasteiger partial charge in [-0.15, -0.1) is 11.3 Å². The van der Waals surface area contributed by atoms with E-state index in [2.05, 4.69) is 20.7 Å². The largest absolute Gasteiger partial charge is 0.360 e. The summed E-state index contributed by atoms with van der Waals surface area (Å²) in [5, 5.41) is 22.4. The minimum atomic E-state index is -0.473. The molecule has 6 rings (SSSR count). The third-order valence-electron chi connectivity index (χ3n) is 7.22. The fraction of sp³-hybridized carbons (Fsp3) is 0.276. The molecular formula is C29H26N6O5S. The second-order valence-electron chi connectivity index (χ2n) is 9.87. The zero-order valence-corrected chi connectivity index (χ0v) is 23.0. The number of amides is 1. The molecule has 1 aliphatic rings. The Morgan fingerprint density at radius 1 is 1.05 bits per heavy atom. The van der Waals surface area contributed by atoms with Crippen LogP contribution in [0, 0.1) is 17.0 Å². The molecule has 1 saturated heterocycles. The summed E-state index contributed by atoms with van der Waals surface area (Å²) in [6, 6.07) is 16.0. The van der Waals surface area contributed by atoms with E-state index in [0.717, 1.165) is 46.1 Å². The molecule has 11 nitrogen and oxygen atoms in total. The van der Waals surface area contributed by atoms with Gasteiger partial charge in [0.15, 0.2) is 0 Å². The van der Waals surface area contributed by atoms with Crippen LogP contribution in [-0.4, -0.2) is 49.1 Å². The Hall–Kier alpha value is -4.71. The molecule has 4 heterocycles. The zero-order valence-electron chi connectivity index (χ0n) is 22.2. The van der Waals surface area contributed by atoms with Gasteiger partial charge in [-0.25, -0.2) is 4.98 Å². The highest BCUT2D eigenvalue weighted by atomic mass is 32.1. The minimum absolute atomic E-state index is 0.0333. The SMILES string of the molecule is Cc1onc(-c2ccccc2)c1-c1csc(C2CCN(C(=O)CCc3nc(-c4cccc([N+](=O)[O-])c4)no3)CC2)n1. The second-order valence-corrected chi connectivity index (χ2v) is 10.8. The van der Waals surface area contributed by atoms with E-state index in [-0.39, 0.29) is 29.8 Å². The van der Waals surface area contributed by atoms with Crippen LogP contribution in [-0.2, 0) is 11.2 Å². The quantitative estimate of drug-likeness (QED) is 0.160. The monoisotopic (exact) mass is 570 g/mol. The van der Waals surface area contributed by atoms with Gasteiger partial charge in [0.05, 0.1) is 21.2 Å². The first-order valence-electron chi connectivity index (χ1n) is 13.3. The summed E-state index contributed by atoms with van der Waals surface area (Å²) >= 11 is 1.64. The maximum atomic E-state index is 12.9. The number of hydrogen-bond acceptors (Lipinski definition) is 10. The van der Waals surface area contributed by atoms with E-state index in [0.29, 0.717) is 31.0 Å². The van der Waals surface area contributed by atoms with Gasteiger partial charge in [-0.1, -0.05) is 52.8 Å². The fourth-order valence-electron chi connectivity index (χ4n) is 5.04. The highest BCUT2D eigenvalue weighted by molar-refractivity contribution is 7.10. The molecular weight excluding hydrogens is 544 g/mol. The van der Waals surface area contributed by atoms with Crippen molar-refractivity contribution >= 4 is 22.9 Å². The van der Waals surface area contributed by atoms with E-state index in [4.69, 9.17) is 14.0 Å². The van der Waals surface area contributed by atoms with Crippen molar-refractivity contribution in [1.82, 2.24) is 25.2 Å². The molecule has 0 unspecified atom stereocenters. The molecule has 1 aliphatic heterocycles. The first-order chi connectivity index (χ1) is 20.0. The molecule has 0 atom stereocenters. The highest BCUT2D eigenvalue weighted by Gasteiger charge is 2.27. The van der Waals surface area contributed by atoms with Gasteiger partial charge in [-0.2, -0.15) is 4.98 Å². The van der Waals surface area contributed by atoms with Gasteiger partial charge >= 0.3 is 0 Å². The van der Waals surface area contributed by atoms with E-state index < -0.39 is 4.92 Å². The van der Waals surface area contributed by atoms with E-state index in [1.807, 2.05) is 42.2 Å². The predicted molar refractivity (Wildman–Crippen MR) is 151 cm³/mol. The van der Waals surface area contributed by atoms with Gasteiger partial charge < -0.3 is 13.9 Å². The number of aryl methyl sites for hydroxylation is 2. The maximum absolute atomic E-state index is 12.9. The van der Waals surface area contributed by atoms with Crippen molar-refractivity contribution in [2.75, 3.05) is 13.1 Å².